The topological polar surface area (TPSA) is 16.4 Å². The van der Waals surface area contributed by atoms with Crippen LogP contribution < -0.4 is 4.90 Å². The quantitative estimate of drug-likeness (QED) is 0.165. The second-order valence-corrected chi connectivity index (χ2v) is 13.3. The lowest BCUT2D eigenvalue weighted by atomic mass is 9.96. The van der Waals surface area contributed by atoms with Gasteiger partial charge >= 0.3 is 0 Å². The van der Waals surface area contributed by atoms with E-state index in [1.807, 2.05) is 0 Å². The second kappa shape index (κ2) is 12.5. The van der Waals surface area contributed by atoms with Crippen LogP contribution in [0.5, 0.6) is 0 Å². The van der Waals surface area contributed by atoms with Crippen LogP contribution in [0.25, 0.3) is 76.9 Å². The SMILES string of the molecule is c1ccc(-c2ccc3c(N(c4ccc(-c5cccc6ccccc56)cc4)c4cc5ccccc5c5ccccc45)c(-c4ccccc4)oc3c2)cc1. The lowest BCUT2D eigenvalue weighted by Crippen LogP contribution is -2.11. The summed E-state index contributed by atoms with van der Waals surface area (Å²) < 4.78 is 6.97. The Morgan fingerprint density at radius 1 is 0.346 bits per heavy atom. The Morgan fingerprint density at radius 2 is 0.942 bits per heavy atom. The fourth-order valence-corrected chi connectivity index (χ4v) is 7.78. The van der Waals surface area contributed by atoms with Gasteiger partial charge in [-0.2, -0.15) is 0 Å². The third-order valence-corrected chi connectivity index (χ3v) is 10.2. The van der Waals surface area contributed by atoms with Crippen molar-refractivity contribution >= 4 is 60.3 Å². The predicted octanol–water partition coefficient (Wildman–Crippen LogP) is 14.4. The minimum Gasteiger partial charge on any atom is -0.454 e. The molecule has 244 valence electrons. The van der Waals surface area contributed by atoms with Crippen molar-refractivity contribution in [3.63, 3.8) is 0 Å². The van der Waals surface area contributed by atoms with Gasteiger partial charge in [-0.3, -0.25) is 0 Å². The van der Waals surface area contributed by atoms with Crippen molar-refractivity contribution in [3.8, 4) is 33.6 Å². The van der Waals surface area contributed by atoms with Gasteiger partial charge in [-0.05, 0) is 79.5 Å². The smallest absolute Gasteiger partial charge is 0.159 e. The zero-order valence-corrected chi connectivity index (χ0v) is 28.4. The first kappa shape index (κ1) is 30.0. The van der Waals surface area contributed by atoms with Gasteiger partial charge in [0.15, 0.2) is 5.76 Å². The van der Waals surface area contributed by atoms with E-state index in [-0.39, 0.29) is 0 Å². The van der Waals surface area contributed by atoms with Crippen LogP contribution in [0.4, 0.5) is 17.1 Å². The van der Waals surface area contributed by atoms with Gasteiger partial charge in [0, 0.05) is 22.0 Å². The number of hydrogen-bond acceptors (Lipinski definition) is 2. The van der Waals surface area contributed by atoms with Gasteiger partial charge in [-0.1, -0.05) is 170 Å². The summed E-state index contributed by atoms with van der Waals surface area (Å²) in [5.41, 5.74) is 9.71. The molecule has 1 heterocycles. The minimum atomic E-state index is 0.830. The number of benzene rings is 9. The highest BCUT2D eigenvalue weighted by Crippen LogP contribution is 2.50. The van der Waals surface area contributed by atoms with E-state index in [1.165, 1.54) is 43.4 Å². The first-order chi connectivity index (χ1) is 25.8. The van der Waals surface area contributed by atoms with E-state index in [2.05, 4.69) is 205 Å². The van der Waals surface area contributed by atoms with E-state index in [4.69, 9.17) is 4.42 Å². The number of hydrogen-bond donors (Lipinski definition) is 0. The van der Waals surface area contributed by atoms with E-state index in [9.17, 15) is 0 Å². The van der Waals surface area contributed by atoms with Crippen molar-refractivity contribution in [1.29, 1.82) is 0 Å². The third kappa shape index (κ3) is 5.04. The molecule has 0 atom stereocenters. The summed E-state index contributed by atoms with van der Waals surface area (Å²) in [5.74, 6) is 0.830. The molecule has 9 aromatic carbocycles. The van der Waals surface area contributed by atoms with Crippen molar-refractivity contribution in [2.45, 2.75) is 0 Å². The molecule has 0 amide bonds. The molecule has 10 aromatic rings. The molecule has 0 aliphatic carbocycles. The molecule has 2 nitrogen and oxygen atoms in total. The Morgan fingerprint density at radius 3 is 1.71 bits per heavy atom. The Kier molecular flexibility index (Phi) is 7.18. The van der Waals surface area contributed by atoms with Crippen LogP contribution in [0, 0.1) is 0 Å². The molecule has 0 saturated carbocycles. The number of rotatable bonds is 6. The Hall–Kier alpha value is -6.90. The lowest BCUT2D eigenvalue weighted by molar-refractivity contribution is 0.632. The van der Waals surface area contributed by atoms with Gasteiger partial charge in [0.1, 0.15) is 11.3 Å². The highest BCUT2D eigenvalue weighted by atomic mass is 16.3. The summed E-state index contributed by atoms with van der Waals surface area (Å²) in [6.45, 7) is 0. The lowest BCUT2D eigenvalue weighted by Gasteiger charge is -2.28. The molecule has 10 rings (SSSR count). The molecule has 0 spiro atoms. The summed E-state index contributed by atoms with van der Waals surface area (Å²) in [4.78, 5) is 2.41. The molecule has 0 aliphatic heterocycles. The Bertz CT molecular complexity index is 2880. The molecule has 1 aromatic heterocycles. The van der Waals surface area contributed by atoms with Crippen LogP contribution in [-0.4, -0.2) is 0 Å². The summed E-state index contributed by atoms with van der Waals surface area (Å²) in [5, 5.41) is 8.35. The molecule has 0 saturated heterocycles. The molecule has 2 heteroatoms. The van der Waals surface area contributed by atoms with Crippen molar-refractivity contribution in [3.05, 3.63) is 200 Å². The van der Waals surface area contributed by atoms with Crippen LogP contribution in [-0.2, 0) is 0 Å². The van der Waals surface area contributed by atoms with Crippen molar-refractivity contribution in [1.82, 2.24) is 0 Å². The van der Waals surface area contributed by atoms with Crippen LogP contribution in [0.3, 0.4) is 0 Å². The van der Waals surface area contributed by atoms with Gasteiger partial charge in [-0.25, -0.2) is 0 Å². The Balaban J connectivity index is 1.26. The predicted molar refractivity (Wildman–Crippen MR) is 220 cm³/mol. The molecule has 0 unspecified atom stereocenters. The molecular weight excluding hydrogens is 631 g/mol. The zero-order chi connectivity index (χ0) is 34.4. The zero-order valence-electron chi connectivity index (χ0n) is 28.4. The van der Waals surface area contributed by atoms with Gasteiger partial charge < -0.3 is 9.32 Å². The average Bonchev–Trinajstić information content (AvgIpc) is 3.60. The summed E-state index contributed by atoms with van der Waals surface area (Å²) in [7, 11) is 0. The fourth-order valence-electron chi connectivity index (χ4n) is 7.78. The number of fused-ring (bicyclic) bond motifs is 5. The normalized spacial score (nSPS) is 11.5. The first-order valence-corrected chi connectivity index (χ1v) is 17.8. The van der Waals surface area contributed by atoms with Crippen LogP contribution >= 0.6 is 0 Å². The van der Waals surface area contributed by atoms with E-state index in [1.54, 1.807) is 0 Å². The monoisotopic (exact) mass is 663 g/mol. The molecule has 0 bridgehead atoms. The largest absolute Gasteiger partial charge is 0.454 e. The molecular formula is C50H33NO. The summed E-state index contributed by atoms with van der Waals surface area (Å²) >= 11 is 0. The maximum Gasteiger partial charge on any atom is 0.159 e. The number of furan rings is 1. The molecule has 52 heavy (non-hydrogen) atoms. The second-order valence-electron chi connectivity index (χ2n) is 13.3. The van der Waals surface area contributed by atoms with Gasteiger partial charge in [0.25, 0.3) is 0 Å². The molecule has 0 N–H and O–H groups in total. The Labute approximate surface area is 302 Å². The maximum atomic E-state index is 6.97. The van der Waals surface area contributed by atoms with E-state index in [0.29, 0.717) is 0 Å². The molecule has 0 aliphatic rings. The van der Waals surface area contributed by atoms with Gasteiger partial charge in [0.05, 0.1) is 5.69 Å². The standard InChI is InChI=1S/C50H33NO/c1-3-14-34(15-4-1)38-28-31-46-48(33-38)52-50(37-17-5-2-6-18-37)49(46)51(47-32-39-19-8-10-22-43(39)44-23-11-12-24-45(44)47)40-29-26-36(27-30-40)42-25-13-20-35-16-7-9-21-41(35)42/h1-33H. The highest BCUT2D eigenvalue weighted by Gasteiger charge is 2.26. The summed E-state index contributed by atoms with van der Waals surface area (Å²) in [6.07, 6.45) is 0. The van der Waals surface area contributed by atoms with Crippen LogP contribution in [0.15, 0.2) is 205 Å². The van der Waals surface area contributed by atoms with Crippen LogP contribution in [0.2, 0.25) is 0 Å². The average molecular weight is 664 g/mol. The van der Waals surface area contributed by atoms with E-state index < -0.39 is 0 Å². The number of anilines is 3. The van der Waals surface area contributed by atoms with Crippen LogP contribution in [0.1, 0.15) is 0 Å². The minimum absolute atomic E-state index is 0.830. The van der Waals surface area contributed by atoms with Crippen molar-refractivity contribution in [2.75, 3.05) is 4.90 Å². The third-order valence-electron chi connectivity index (χ3n) is 10.2. The molecule has 0 radical (unpaired) electrons. The first-order valence-electron chi connectivity index (χ1n) is 17.8. The molecule has 0 fully saturated rings. The maximum absolute atomic E-state index is 6.97. The fraction of sp³-hybridized carbons (Fsp3) is 0. The summed E-state index contributed by atoms with van der Waals surface area (Å²) in [6, 6.07) is 71.6. The highest BCUT2D eigenvalue weighted by molar-refractivity contribution is 6.16. The van der Waals surface area contributed by atoms with Gasteiger partial charge in [0.2, 0.25) is 0 Å². The number of nitrogens with zero attached hydrogens (tertiary/aromatic N) is 1. The van der Waals surface area contributed by atoms with Crippen molar-refractivity contribution < 1.29 is 4.42 Å². The van der Waals surface area contributed by atoms with Gasteiger partial charge in [-0.15, -0.1) is 0 Å². The van der Waals surface area contributed by atoms with E-state index >= 15 is 0 Å². The van der Waals surface area contributed by atoms with Crippen molar-refractivity contribution in [2.24, 2.45) is 0 Å². The van der Waals surface area contributed by atoms with E-state index in [0.717, 1.165) is 50.5 Å².